The number of nitrogens with one attached hydrogen (secondary N) is 1. The average molecular weight is 213 g/mol. The normalized spacial score (nSPS) is 12.6. The largest absolute Gasteiger partial charge is 0.481 e. The van der Waals surface area contributed by atoms with Crippen molar-refractivity contribution >= 4 is 17.3 Å². The molecule has 78 valence electrons. The summed E-state index contributed by atoms with van der Waals surface area (Å²) in [7, 11) is 1.91. The van der Waals surface area contributed by atoms with Gasteiger partial charge in [0.1, 0.15) is 0 Å². The van der Waals surface area contributed by atoms with Gasteiger partial charge in [0.05, 0.1) is 0 Å². The molecule has 0 aromatic carbocycles. The Hall–Kier alpha value is -0.870. The van der Waals surface area contributed by atoms with Crippen molar-refractivity contribution in [3.8, 4) is 0 Å². The highest BCUT2D eigenvalue weighted by molar-refractivity contribution is 7.10. The Kier molecular flexibility index (Phi) is 4.62. The van der Waals surface area contributed by atoms with Gasteiger partial charge in [0.2, 0.25) is 0 Å². The third-order valence-corrected chi connectivity index (χ3v) is 3.10. The molecule has 0 aliphatic carbocycles. The van der Waals surface area contributed by atoms with Crippen LogP contribution in [0.4, 0.5) is 0 Å². The third kappa shape index (κ3) is 3.47. The van der Waals surface area contributed by atoms with Gasteiger partial charge < -0.3 is 10.4 Å². The first-order valence-corrected chi connectivity index (χ1v) is 5.54. The van der Waals surface area contributed by atoms with Gasteiger partial charge in [-0.25, -0.2) is 0 Å². The van der Waals surface area contributed by atoms with Crippen LogP contribution in [0.1, 0.15) is 30.2 Å². The predicted molar refractivity (Wildman–Crippen MR) is 57.6 cm³/mol. The van der Waals surface area contributed by atoms with E-state index in [-0.39, 0.29) is 6.42 Å². The van der Waals surface area contributed by atoms with E-state index in [4.69, 9.17) is 5.11 Å². The third-order valence-electron chi connectivity index (χ3n) is 2.12. The summed E-state index contributed by atoms with van der Waals surface area (Å²) in [6.45, 7) is 0. The van der Waals surface area contributed by atoms with Crippen LogP contribution >= 0.6 is 11.3 Å². The van der Waals surface area contributed by atoms with E-state index in [9.17, 15) is 4.79 Å². The first-order valence-electron chi connectivity index (χ1n) is 4.66. The molecule has 0 spiro atoms. The molecule has 4 heteroatoms. The molecule has 1 rings (SSSR count). The van der Waals surface area contributed by atoms with Crippen molar-refractivity contribution < 1.29 is 9.90 Å². The molecular formula is C10H15NO2S. The van der Waals surface area contributed by atoms with E-state index in [1.54, 1.807) is 11.3 Å². The van der Waals surface area contributed by atoms with E-state index in [0.717, 1.165) is 12.8 Å². The minimum Gasteiger partial charge on any atom is -0.481 e. The summed E-state index contributed by atoms with van der Waals surface area (Å²) in [5.41, 5.74) is 0. The molecule has 0 fully saturated rings. The molecule has 1 atom stereocenters. The number of carboxylic acids is 1. The number of hydrogen-bond acceptors (Lipinski definition) is 3. The number of thiophene rings is 1. The zero-order valence-corrected chi connectivity index (χ0v) is 9.01. The smallest absolute Gasteiger partial charge is 0.303 e. The quantitative estimate of drug-likeness (QED) is 0.762. The van der Waals surface area contributed by atoms with Gasteiger partial charge in [-0.05, 0) is 31.3 Å². The maximum absolute atomic E-state index is 10.3. The highest BCUT2D eigenvalue weighted by atomic mass is 32.1. The van der Waals surface area contributed by atoms with Crippen LogP contribution in [0.2, 0.25) is 0 Å². The molecule has 14 heavy (non-hydrogen) atoms. The first kappa shape index (κ1) is 11.2. The van der Waals surface area contributed by atoms with Gasteiger partial charge >= 0.3 is 5.97 Å². The first-order chi connectivity index (χ1) is 6.74. The fraction of sp³-hybridized carbons (Fsp3) is 0.500. The van der Waals surface area contributed by atoms with Crippen LogP contribution in [-0.2, 0) is 4.79 Å². The van der Waals surface area contributed by atoms with Crippen LogP contribution in [0.5, 0.6) is 0 Å². The Labute approximate surface area is 87.8 Å². The summed E-state index contributed by atoms with van der Waals surface area (Å²) < 4.78 is 0. The lowest BCUT2D eigenvalue weighted by atomic mass is 10.1. The van der Waals surface area contributed by atoms with Gasteiger partial charge in [0.25, 0.3) is 0 Å². The Morgan fingerprint density at radius 3 is 3.00 bits per heavy atom. The topological polar surface area (TPSA) is 49.3 Å². The van der Waals surface area contributed by atoms with Crippen LogP contribution in [0.3, 0.4) is 0 Å². The van der Waals surface area contributed by atoms with Crippen LogP contribution < -0.4 is 5.32 Å². The lowest BCUT2D eigenvalue weighted by Gasteiger charge is -2.13. The van der Waals surface area contributed by atoms with Gasteiger partial charge in [0.15, 0.2) is 0 Å². The van der Waals surface area contributed by atoms with Crippen molar-refractivity contribution in [2.75, 3.05) is 7.05 Å². The second-order valence-electron chi connectivity index (χ2n) is 3.14. The average Bonchev–Trinajstić information content (AvgIpc) is 2.64. The Balaban J connectivity index is 2.36. The molecule has 1 aromatic rings. The summed E-state index contributed by atoms with van der Waals surface area (Å²) in [4.78, 5) is 11.6. The number of carbonyl (C=O) groups is 1. The van der Waals surface area contributed by atoms with E-state index >= 15 is 0 Å². The fourth-order valence-corrected chi connectivity index (χ4v) is 2.25. The Morgan fingerprint density at radius 2 is 2.50 bits per heavy atom. The number of rotatable bonds is 6. The second kappa shape index (κ2) is 5.78. The fourth-order valence-electron chi connectivity index (χ4n) is 1.38. The monoisotopic (exact) mass is 213 g/mol. The van der Waals surface area contributed by atoms with E-state index < -0.39 is 5.97 Å². The Bertz CT molecular complexity index is 272. The number of carboxylic acid groups (broad SMARTS) is 1. The zero-order valence-electron chi connectivity index (χ0n) is 8.19. The van der Waals surface area contributed by atoms with Crippen molar-refractivity contribution in [2.45, 2.75) is 25.3 Å². The summed E-state index contributed by atoms with van der Waals surface area (Å²) in [6, 6.07) is 4.39. The summed E-state index contributed by atoms with van der Waals surface area (Å²) >= 11 is 1.70. The summed E-state index contributed by atoms with van der Waals surface area (Å²) in [5.74, 6) is -0.717. The molecule has 2 N–H and O–H groups in total. The standard InChI is InChI=1S/C10H15NO2S/c1-11-8(4-2-6-10(12)13)9-5-3-7-14-9/h3,5,7-8,11H,2,4,6H2,1H3,(H,12,13). The SMILES string of the molecule is CNC(CCCC(=O)O)c1cccs1. The number of aliphatic carboxylic acids is 1. The lowest BCUT2D eigenvalue weighted by Crippen LogP contribution is -2.15. The van der Waals surface area contributed by atoms with Gasteiger partial charge in [-0.1, -0.05) is 6.07 Å². The van der Waals surface area contributed by atoms with E-state index in [1.807, 2.05) is 18.5 Å². The zero-order chi connectivity index (χ0) is 10.4. The van der Waals surface area contributed by atoms with Gasteiger partial charge in [-0.2, -0.15) is 0 Å². The van der Waals surface area contributed by atoms with Crippen LogP contribution in [0.15, 0.2) is 17.5 Å². The van der Waals surface area contributed by atoms with Crippen molar-refractivity contribution in [3.63, 3.8) is 0 Å². The number of hydrogen-bond donors (Lipinski definition) is 2. The molecule has 3 nitrogen and oxygen atoms in total. The van der Waals surface area contributed by atoms with Crippen LogP contribution in [0, 0.1) is 0 Å². The van der Waals surface area contributed by atoms with E-state index in [1.165, 1.54) is 4.88 Å². The van der Waals surface area contributed by atoms with Crippen LogP contribution in [-0.4, -0.2) is 18.1 Å². The summed E-state index contributed by atoms with van der Waals surface area (Å²) in [5, 5.41) is 13.7. The molecule has 0 amide bonds. The van der Waals surface area contributed by atoms with Crippen molar-refractivity contribution in [3.05, 3.63) is 22.4 Å². The molecule has 1 unspecified atom stereocenters. The molecular weight excluding hydrogens is 198 g/mol. The molecule has 0 aliphatic rings. The molecule has 0 aliphatic heterocycles. The lowest BCUT2D eigenvalue weighted by molar-refractivity contribution is -0.137. The summed E-state index contributed by atoms with van der Waals surface area (Å²) in [6.07, 6.45) is 1.85. The molecule has 1 heterocycles. The van der Waals surface area contributed by atoms with E-state index in [2.05, 4.69) is 11.4 Å². The highest BCUT2D eigenvalue weighted by Crippen LogP contribution is 2.23. The second-order valence-corrected chi connectivity index (χ2v) is 4.12. The Morgan fingerprint density at radius 1 is 1.71 bits per heavy atom. The maximum Gasteiger partial charge on any atom is 0.303 e. The maximum atomic E-state index is 10.3. The predicted octanol–water partition coefficient (Wildman–Crippen LogP) is 2.26. The minimum atomic E-state index is -0.717. The highest BCUT2D eigenvalue weighted by Gasteiger charge is 2.10. The van der Waals surface area contributed by atoms with Gasteiger partial charge in [-0.3, -0.25) is 4.79 Å². The van der Waals surface area contributed by atoms with Gasteiger partial charge in [0, 0.05) is 17.3 Å². The van der Waals surface area contributed by atoms with E-state index in [0.29, 0.717) is 6.04 Å². The van der Waals surface area contributed by atoms with Gasteiger partial charge in [-0.15, -0.1) is 11.3 Å². The van der Waals surface area contributed by atoms with Crippen molar-refractivity contribution in [1.29, 1.82) is 0 Å². The molecule has 0 radical (unpaired) electrons. The van der Waals surface area contributed by atoms with Crippen LogP contribution in [0.25, 0.3) is 0 Å². The van der Waals surface area contributed by atoms with Crippen molar-refractivity contribution in [2.24, 2.45) is 0 Å². The molecule has 0 saturated heterocycles. The molecule has 1 aromatic heterocycles. The minimum absolute atomic E-state index is 0.254. The van der Waals surface area contributed by atoms with Crippen molar-refractivity contribution in [1.82, 2.24) is 5.32 Å². The molecule has 0 saturated carbocycles. The molecule has 0 bridgehead atoms.